The molecule has 7 nitrogen and oxygen atoms in total. The predicted molar refractivity (Wildman–Crippen MR) is 144 cm³/mol. The molecule has 12 heteroatoms. The van der Waals surface area contributed by atoms with Gasteiger partial charge < -0.3 is 20.7 Å². The molecule has 0 fully saturated rings. The van der Waals surface area contributed by atoms with Crippen molar-refractivity contribution in [3.05, 3.63) is 88.1 Å². The van der Waals surface area contributed by atoms with Crippen molar-refractivity contribution < 1.29 is 31.5 Å². The first-order valence-corrected chi connectivity index (χ1v) is 12.6. The topological polar surface area (TPSA) is 85.4 Å². The first-order valence-electron chi connectivity index (χ1n) is 12.6. The van der Waals surface area contributed by atoms with Crippen LogP contribution in [-0.4, -0.2) is 29.5 Å². The number of nitrogens with one attached hydrogen (secondary N) is 1. The summed E-state index contributed by atoms with van der Waals surface area (Å²) in [6, 6.07) is 9.71. The maximum atomic E-state index is 15.3. The number of anilines is 2. The Balaban J connectivity index is 1.70. The van der Waals surface area contributed by atoms with E-state index in [4.69, 9.17) is 15.6 Å². The van der Waals surface area contributed by atoms with Gasteiger partial charge in [0.1, 0.15) is 17.4 Å². The number of hydrogen-bond acceptors (Lipinski definition) is 4. The molecular weight excluding hydrogens is 545 g/mol. The zero-order valence-corrected chi connectivity index (χ0v) is 22.4. The SMILES string of the molecule is COc1cc(NC(N)=O)c(F)cc1-c1c2c(nn1-c1c(C)cccc1C)CCN(c1ccc(C(F)(F)F)cc1F)C2. The number of rotatable bonds is 5. The van der Waals surface area contributed by atoms with E-state index in [0.29, 0.717) is 41.5 Å². The summed E-state index contributed by atoms with van der Waals surface area (Å²) in [6.07, 6.45) is -4.32. The van der Waals surface area contributed by atoms with Crippen molar-refractivity contribution in [3.63, 3.8) is 0 Å². The molecule has 1 aliphatic rings. The first kappa shape index (κ1) is 27.9. The molecule has 5 rings (SSSR count). The average molecular weight is 572 g/mol. The van der Waals surface area contributed by atoms with Crippen LogP contribution in [-0.2, 0) is 19.1 Å². The predicted octanol–water partition coefficient (Wildman–Crippen LogP) is 6.52. The molecule has 0 saturated carbocycles. The molecule has 0 bridgehead atoms. The highest BCUT2D eigenvalue weighted by Gasteiger charge is 2.33. The second-order valence-corrected chi connectivity index (χ2v) is 9.78. The van der Waals surface area contributed by atoms with E-state index in [2.05, 4.69) is 5.32 Å². The maximum Gasteiger partial charge on any atom is 0.416 e. The number of amides is 2. The second kappa shape index (κ2) is 10.4. The Morgan fingerprint density at radius 2 is 1.76 bits per heavy atom. The van der Waals surface area contributed by atoms with E-state index in [1.807, 2.05) is 32.0 Å². The van der Waals surface area contributed by atoms with Crippen LogP contribution in [0.25, 0.3) is 16.9 Å². The van der Waals surface area contributed by atoms with Crippen LogP contribution in [0.1, 0.15) is 27.9 Å². The van der Waals surface area contributed by atoms with Gasteiger partial charge in [-0.2, -0.15) is 18.3 Å². The van der Waals surface area contributed by atoms with E-state index in [1.54, 1.807) is 9.58 Å². The zero-order valence-electron chi connectivity index (χ0n) is 22.4. The van der Waals surface area contributed by atoms with Gasteiger partial charge in [0.05, 0.1) is 41.1 Å². The van der Waals surface area contributed by atoms with Gasteiger partial charge >= 0.3 is 12.2 Å². The Morgan fingerprint density at radius 1 is 1.05 bits per heavy atom. The van der Waals surface area contributed by atoms with E-state index in [1.165, 1.54) is 19.2 Å². The number of aryl methyl sites for hydroxylation is 2. The number of ether oxygens (including phenoxy) is 1. The van der Waals surface area contributed by atoms with E-state index >= 15 is 4.39 Å². The van der Waals surface area contributed by atoms with E-state index < -0.39 is 29.4 Å². The molecule has 0 unspecified atom stereocenters. The lowest BCUT2D eigenvalue weighted by Gasteiger charge is -2.29. The summed E-state index contributed by atoms with van der Waals surface area (Å²) in [4.78, 5) is 13.0. The molecule has 4 aromatic rings. The fourth-order valence-electron chi connectivity index (χ4n) is 5.23. The third kappa shape index (κ3) is 5.17. The quantitative estimate of drug-likeness (QED) is 0.267. The molecule has 3 aromatic carbocycles. The number of hydrogen-bond donors (Lipinski definition) is 2. The van der Waals surface area contributed by atoms with Gasteiger partial charge in [-0.25, -0.2) is 18.3 Å². The molecule has 214 valence electrons. The Bertz CT molecular complexity index is 1640. The molecule has 0 aliphatic carbocycles. The number of fused-ring (bicyclic) bond motifs is 1. The number of halogens is 5. The lowest BCUT2D eigenvalue weighted by Crippen LogP contribution is -2.31. The van der Waals surface area contributed by atoms with E-state index in [9.17, 15) is 22.4 Å². The van der Waals surface area contributed by atoms with Crippen molar-refractivity contribution in [2.45, 2.75) is 33.0 Å². The number of nitrogens with zero attached hydrogens (tertiary/aromatic N) is 3. The standard InChI is InChI=1S/C29H26F5N5O2/c1-15-5-4-6-16(2)26(15)39-27(18-12-20(30)23(36-28(35)40)13-25(18)41-3)19-14-38(10-9-22(19)37-39)24-8-7-17(11-21(24)31)29(32,33)34/h4-8,11-13H,9-10,14H2,1-3H3,(H3,35,36,40). The summed E-state index contributed by atoms with van der Waals surface area (Å²) >= 11 is 0. The van der Waals surface area contributed by atoms with Gasteiger partial charge in [-0.1, -0.05) is 18.2 Å². The molecule has 0 atom stereocenters. The Morgan fingerprint density at radius 3 is 2.37 bits per heavy atom. The van der Waals surface area contributed by atoms with Crippen molar-refractivity contribution in [2.75, 3.05) is 23.9 Å². The molecule has 0 spiro atoms. The van der Waals surface area contributed by atoms with E-state index in [-0.39, 0.29) is 23.7 Å². The first-order chi connectivity index (χ1) is 19.4. The van der Waals surface area contributed by atoms with Crippen molar-refractivity contribution in [1.29, 1.82) is 0 Å². The number of benzene rings is 3. The summed E-state index contributed by atoms with van der Waals surface area (Å²) < 4.78 is 77.0. The van der Waals surface area contributed by atoms with Gasteiger partial charge in [0.25, 0.3) is 0 Å². The minimum Gasteiger partial charge on any atom is -0.496 e. The van der Waals surface area contributed by atoms with Crippen molar-refractivity contribution >= 4 is 17.4 Å². The Labute approximate surface area is 232 Å². The number of para-hydroxylation sites is 1. The van der Waals surface area contributed by atoms with Gasteiger partial charge in [-0.3, -0.25) is 0 Å². The van der Waals surface area contributed by atoms with Crippen molar-refractivity contribution in [1.82, 2.24) is 9.78 Å². The van der Waals surface area contributed by atoms with E-state index in [0.717, 1.165) is 28.9 Å². The maximum absolute atomic E-state index is 15.3. The molecule has 2 heterocycles. The lowest BCUT2D eigenvalue weighted by atomic mass is 9.98. The molecule has 0 saturated heterocycles. The number of nitrogens with two attached hydrogens (primary N) is 1. The second-order valence-electron chi connectivity index (χ2n) is 9.78. The summed E-state index contributed by atoms with van der Waals surface area (Å²) in [6.45, 7) is 4.21. The molecule has 1 aromatic heterocycles. The lowest BCUT2D eigenvalue weighted by molar-refractivity contribution is -0.137. The molecule has 1 aliphatic heterocycles. The van der Waals surface area contributed by atoms with Crippen LogP contribution in [0.3, 0.4) is 0 Å². The summed E-state index contributed by atoms with van der Waals surface area (Å²) in [5.41, 5.74) is 8.56. The molecule has 3 N–H and O–H groups in total. The minimum atomic E-state index is -4.68. The van der Waals surface area contributed by atoms with Gasteiger partial charge in [0.2, 0.25) is 0 Å². The molecular formula is C29H26F5N5O2. The molecule has 0 radical (unpaired) electrons. The summed E-state index contributed by atoms with van der Waals surface area (Å²) in [5, 5.41) is 7.10. The van der Waals surface area contributed by atoms with Gasteiger partial charge in [-0.15, -0.1) is 0 Å². The third-order valence-corrected chi connectivity index (χ3v) is 7.10. The van der Waals surface area contributed by atoms with Gasteiger partial charge in [0, 0.05) is 36.7 Å². The zero-order chi connectivity index (χ0) is 29.6. The molecule has 2 amide bonds. The minimum absolute atomic E-state index is 0.00794. The van der Waals surface area contributed by atoms with Crippen molar-refractivity contribution in [2.24, 2.45) is 5.73 Å². The number of alkyl halides is 3. The van der Waals surface area contributed by atoms with Crippen LogP contribution in [0.2, 0.25) is 0 Å². The fraction of sp³-hybridized carbons (Fsp3) is 0.241. The summed E-state index contributed by atoms with van der Waals surface area (Å²) in [7, 11) is 1.39. The Hall–Kier alpha value is -4.61. The van der Waals surface area contributed by atoms with Crippen LogP contribution in [0.5, 0.6) is 5.75 Å². The highest BCUT2D eigenvalue weighted by atomic mass is 19.4. The molecule has 41 heavy (non-hydrogen) atoms. The van der Waals surface area contributed by atoms with Crippen LogP contribution >= 0.6 is 0 Å². The van der Waals surface area contributed by atoms with Crippen LogP contribution < -0.4 is 20.7 Å². The number of aromatic nitrogens is 2. The average Bonchev–Trinajstić information content (AvgIpc) is 3.26. The smallest absolute Gasteiger partial charge is 0.416 e. The normalized spacial score (nSPS) is 13.2. The Kier molecular flexibility index (Phi) is 7.10. The fourth-order valence-corrected chi connectivity index (χ4v) is 5.23. The monoisotopic (exact) mass is 571 g/mol. The number of methoxy groups -OCH3 is 1. The largest absolute Gasteiger partial charge is 0.496 e. The van der Waals surface area contributed by atoms with Gasteiger partial charge in [-0.05, 0) is 49.2 Å². The van der Waals surface area contributed by atoms with Crippen LogP contribution in [0.4, 0.5) is 38.1 Å². The highest BCUT2D eigenvalue weighted by molar-refractivity contribution is 5.89. The highest BCUT2D eigenvalue weighted by Crippen LogP contribution is 2.42. The number of carbonyl (C=O) groups is 1. The van der Waals surface area contributed by atoms with Crippen LogP contribution in [0.15, 0.2) is 48.5 Å². The number of carbonyl (C=O) groups excluding carboxylic acids is 1. The van der Waals surface area contributed by atoms with Crippen LogP contribution in [0, 0.1) is 25.5 Å². The number of urea groups is 1. The third-order valence-electron chi connectivity index (χ3n) is 7.10. The summed E-state index contributed by atoms with van der Waals surface area (Å²) in [5.74, 6) is -1.57. The number of primary amides is 1. The van der Waals surface area contributed by atoms with Crippen molar-refractivity contribution in [3.8, 4) is 22.7 Å². The van der Waals surface area contributed by atoms with Gasteiger partial charge in [0.15, 0.2) is 0 Å².